The highest BCUT2D eigenvalue weighted by molar-refractivity contribution is 5.74. The molecule has 0 spiro atoms. The summed E-state index contributed by atoms with van der Waals surface area (Å²) in [6.07, 6.45) is 1.35. The number of nitrogens with one attached hydrogen (secondary N) is 1. The topological polar surface area (TPSA) is 61.8 Å². The summed E-state index contributed by atoms with van der Waals surface area (Å²) in [5.74, 6) is 1.47. The molecule has 1 aliphatic rings. The number of hydrogen-bond acceptors (Lipinski definition) is 3. The smallest absolute Gasteiger partial charge is 0.317 e. The van der Waals surface area contributed by atoms with Crippen LogP contribution in [0.3, 0.4) is 0 Å². The Labute approximate surface area is 138 Å². The average molecular weight is 320 g/mol. The Morgan fingerprint density at radius 3 is 2.74 bits per heavy atom. The quantitative estimate of drug-likeness (QED) is 0.875. The Morgan fingerprint density at radius 2 is 2.13 bits per heavy atom. The summed E-state index contributed by atoms with van der Waals surface area (Å²) in [6.45, 7) is 5.93. The van der Waals surface area contributed by atoms with Gasteiger partial charge in [0, 0.05) is 19.6 Å². The third kappa shape index (κ3) is 5.13. The minimum Gasteiger partial charge on any atom is -0.497 e. The van der Waals surface area contributed by atoms with E-state index in [4.69, 9.17) is 4.74 Å². The molecule has 2 amide bonds. The molecule has 1 fully saturated rings. The number of amides is 2. The molecular formula is C18H28N2O3. The lowest BCUT2D eigenvalue weighted by Crippen LogP contribution is -2.50. The highest BCUT2D eigenvalue weighted by atomic mass is 16.5. The van der Waals surface area contributed by atoms with Gasteiger partial charge in [-0.1, -0.05) is 26.0 Å². The summed E-state index contributed by atoms with van der Waals surface area (Å²) in [5.41, 5.74) is 1.23. The summed E-state index contributed by atoms with van der Waals surface area (Å²) in [5, 5.41) is 12.9. The van der Waals surface area contributed by atoms with E-state index in [1.165, 1.54) is 5.56 Å². The first kappa shape index (κ1) is 17.6. The average Bonchev–Trinajstić information content (AvgIpc) is 2.56. The van der Waals surface area contributed by atoms with Crippen molar-refractivity contribution in [2.75, 3.05) is 26.7 Å². The van der Waals surface area contributed by atoms with Gasteiger partial charge in [-0.15, -0.1) is 0 Å². The molecule has 3 unspecified atom stereocenters. The van der Waals surface area contributed by atoms with Gasteiger partial charge in [0.25, 0.3) is 0 Å². The molecule has 1 aromatic rings. The van der Waals surface area contributed by atoms with E-state index in [-0.39, 0.29) is 11.9 Å². The number of β-amino-alcohol motifs (C(OH)–C–C–N with tert-alkyl or cyclic N) is 1. The normalized spacial score (nSPS) is 22.5. The molecule has 0 aromatic heterocycles. The third-order valence-corrected chi connectivity index (χ3v) is 4.55. The van der Waals surface area contributed by atoms with Gasteiger partial charge in [-0.3, -0.25) is 0 Å². The fourth-order valence-corrected chi connectivity index (χ4v) is 2.84. The molecular weight excluding hydrogens is 292 g/mol. The van der Waals surface area contributed by atoms with E-state index < -0.39 is 6.10 Å². The van der Waals surface area contributed by atoms with Crippen LogP contribution in [0.1, 0.15) is 25.8 Å². The molecule has 1 aromatic carbocycles. The van der Waals surface area contributed by atoms with Crippen LogP contribution in [-0.4, -0.2) is 48.9 Å². The van der Waals surface area contributed by atoms with Crippen LogP contribution in [0.2, 0.25) is 0 Å². The van der Waals surface area contributed by atoms with Crippen molar-refractivity contribution in [3.8, 4) is 5.75 Å². The summed E-state index contributed by atoms with van der Waals surface area (Å²) in [4.78, 5) is 13.9. The van der Waals surface area contributed by atoms with Gasteiger partial charge in [-0.25, -0.2) is 4.79 Å². The Bertz CT molecular complexity index is 503. The number of hydrogen-bond donors (Lipinski definition) is 2. The second-order valence-corrected chi connectivity index (χ2v) is 6.62. The Morgan fingerprint density at radius 1 is 1.43 bits per heavy atom. The van der Waals surface area contributed by atoms with Gasteiger partial charge in [0.05, 0.1) is 13.2 Å². The highest BCUT2D eigenvalue weighted by Crippen LogP contribution is 2.17. The maximum absolute atomic E-state index is 12.2. The summed E-state index contributed by atoms with van der Waals surface area (Å²) in [6, 6.07) is 7.95. The molecule has 1 aliphatic heterocycles. The molecule has 0 saturated carbocycles. The van der Waals surface area contributed by atoms with Gasteiger partial charge in [-0.05, 0) is 42.4 Å². The third-order valence-electron chi connectivity index (χ3n) is 4.55. The molecule has 0 bridgehead atoms. The standard InChI is InChI=1S/C18H28N2O3/c1-13(10-15-4-6-16(23-3)7-5-15)11-19-18(22)20-9-8-14(2)17(21)12-20/h4-7,13-14,17,21H,8-12H2,1-3H3,(H,19,22). The van der Waals surface area contributed by atoms with Gasteiger partial charge in [0.1, 0.15) is 5.75 Å². The van der Waals surface area contributed by atoms with E-state index in [0.29, 0.717) is 19.0 Å². The zero-order chi connectivity index (χ0) is 16.8. The molecule has 128 valence electrons. The zero-order valence-electron chi connectivity index (χ0n) is 14.3. The van der Waals surface area contributed by atoms with Crippen LogP contribution in [0.4, 0.5) is 4.79 Å². The molecule has 2 N–H and O–H groups in total. The lowest BCUT2D eigenvalue weighted by molar-refractivity contribution is 0.0434. The number of ether oxygens (including phenoxy) is 1. The van der Waals surface area contributed by atoms with E-state index >= 15 is 0 Å². The van der Waals surface area contributed by atoms with Gasteiger partial charge in [-0.2, -0.15) is 0 Å². The van der Waals surface area contributed by atoms with Gasteiger partial charge in [0.15, 0.2) is 0 Å². The first-order valence-corrected chi connectivity index (χ1v) is 8.33. The number of benzene rings is 1. The van der Waals surface area contributed by atoms with Crippen LogP contribution in [0.15, 0.2) is 24.3 Å². The van der Waals surface area contributed by atoms with E-state index in [1.807, 2.05) is 19.1 Å². The van der Waals surface area contributed by atoms with Gasteiger partial charge >= 0.3 is 6.03 Å². The number of piperidine rings is 1. The number of carbonyl (C=O) groups excluding carboxylic acids is 1. The number of rotatable bonds is 5. The van der Waals surface area contributed by atoms with Crippen molar-refractivity contribution in [2.45, 2.75) is 32.8 Å². The van der Waals surface area contributed by atoms with Crippen LogP contribution in [0, 0.1) is 11.8 Å². The maximum atomic E-state index is 12.2. The monoisotopic (exact) mass is 320 g/mol. The van der Waals surface area contributed by atoms with Crippen LogP contribution in [-0.2, 0) is 6.42 Å². The van der Waals surface area contributed by atoms with Crippen molar-refractivity contribution in [2.24, 2.45) is 11.8 Å². The number of likely N-dealkylation sites (tertiary alicyclic amines) is 1. The van der Waals surface area contributed by atoms with Crippen molar-refractivity contribution in [3.63, 3.8) is 0 Å². The fraction of sp³-hybridized carbons (Fsp3) is 0.611. The predicted octanol–water partition coefficient (Wildman–Crippen LogP) is 2.29. The first-order chi connectivity index (χ1) is 11.0. The minimum absolute atomic E-state index is 0.0717. The molecule has 5 nitrogen and oxygen atoms in total. The summed E-state index contributed by atoms with van der Waals surface area (Å²) >= 11 is 0. The van der Waals surface area contributed by atoms with Crippen molar-refractivity contribution < 1.29 is 14.6 Å². The van der Waals surface area contributed by atoms with Crippen LogP contribution < -0.4 is 10.1 Å². The van der Waals surface area contributed by atoms with Crippen LogP contribution in [0.5, 0.6) is 5.75 Å². The second kappa shape index (κ2) is 8.20. The molecule has 23 heavy (non-hydrogen) atoms. The number of aliphatic hydroxyl groups excluding tert-OH is 1. The summed E-state index contributed by atoms with van der Waals surface area (Å²) < 4.78 is 5.15. The molecule has 2 rings (SSSR count). The van der Waals surface area contributed by atoms with E-state index in [2.05, 4.69) is 24.4 Å². The van der Waals surface area contributed by atoms with Crippen molar-refractivity contribution in [1.82, 2.24) is 10.2 Å². The van der Waals surface area contributed by atoms with Gasteiger partial charge in [0.2, 0.25) is 0 Å². The molecule has 1 saturated heterocycles. The molecule has 3 atom stereocenters. The molecule has 5 heteroatoms. The molecule has 1 heterocycles. The SMILES string of the molecule is COc1ccc(CC(C)CNC(=O)N2CCC(C)C(O)C2)cc1. The van der Waals surface area contributed by atoms with Crippen LogP contribution in [0.25, 0.3) is 0 Å². The summed E-state index contributed by atoms with van der Waals surface area (Å²) in [7, 11) is 1.66. The Hall–Kier alpha value is -1.75. The number of carbonyl (C=O) groups is 1. The van der Waals surface area contributed by atoms with Crippen molar-refractivity contribution in [1.29, 1.82) is 0 Å². The largest absolute Gasteiger partial charge is 0.497 e. The number of urea groups is 1. The van der Waals surface area contributed by atoms with E-state index in [0.717, 1.165) is 25.1 Å². The molecule has 0 aliphatic carbocycles. The maximum Gasteiger partial charge on any atom is 0.317 e. The zero-order valence-corrected chi connectivity index (χ0v) is 14.3. The van der Waals surface area contributed by atoms with E-state index in [9.17, 15) is 9.90 Å². The lowest BCUT2D eigenvalue weighted by atomic mass is 9.96. The Kier molecular flexibility index (Phi) is 6.28. The van der Waals surface area contributed by atoms with Crippen molar-refractivity contribution in [3.05, 3.63) is 29.8 Å². The Balaban J connectivity index is 1.75. The number of nitrogens with zero attached hydrogens (tertiary/aromatic N) is 1. The minimum atomic E-state index is -0.411. The fourth-order valence-electron chi connectivity index (χ4n) is 2.84. The van der Waals surface area contributed by atoms with E-state index in [1.54, 1.807) is 12.0 Å². The lowest BCUT2D eigenvalue weighted by Gasteiger charge is -2.34. The van der Waals surface area contributed by atoms with Gasteiger partial charge < -0.3 is 20.1 Å². The number of aliphatic hydroxyl groups is 1. The first-order valence-electron chi connectivity index (χ1n) is 8.33. The molecule has 0 radical (unpaired) electrons. The number of methoxy groups -OCH3 is 1. The predicted molar refractivity (Wildman–Crippen MR) is 90.6 cm³/mol. The van der Waals surface area contributed by atoms with Crippen molar-refractivity contribution >= 4 is 6.03 Å². The highest BCUT2D eigenvalue weighted by Gasteiger charge is 2.27. The second-order valence-electron chi connectivity index (χ2n) is 6.62. The van der Waals surface area contributed by atoms with Crippen LogP contribution >= 0.6 is 0 Å².